The molecule has 0 amide bonds. The molecule has 13 heteroatoms. The first-order chi connectivity index (χ1) is 11.2. The zero-order valence-corrected chi connectivity index (χ0v) is 15.9. The third kappa shape index (κ3) is 4.65. The van der Waals surface area contributed by atoms with E-state index < -0.39 is 50.7 Å². The minimum atomic E-state index is -7.05. The van der Waals surface area contributed by atoms with Crippen molar-refractivity contribution in [2.75, 3.05) is 0 Å². The Morgan fingerprint density at radius 3 is 1.00 bits per heavy atom. The number of rotatable bonds is 9. The predicted molar refractivity (Wildman–Crippen MR) is 75.3 cm³/mol. The Morgan fingerprint density at radius 1 is 0.538 bits per heavy atom. The van der Waals surface area contributed by atoms with Gasteiger partial charge in [0.05, 0.1) is 0 Å². The Balaban J connectivity index is 6.58. The first-order valence-corrected chi connectivity index (χ1v) is 9.21. The fourth-order valence-electron chi connectivity index (χ4n) is 1.80. The summed E-state index contributed by atoms with van der Waals surface area (Å²) in [6.07, 6.45) is -10.8. The highest BCUT2D eigenvalue weighted by Gasteiger charge is 2.90. The number of hydrogen-bond donors (Lipinski definition) is 0. The summed E-state index contributed by atoms with van der Waals surface area (Å²) in [5, 5.41) is 0. The van der Waals surface area contributed by atoms with Gasteiger partial charge in [-0.2, -0.15) is 39.5 Å². The first kappa shape index (κ1) is 25.5. The van der Waals surface area contributed by atoms with Crippen LogP contribution >= 0.6 is 0 Å². The van der Waals surface area contributed by atoms with Gasteiger partial charge >= 0.3 is 32.4 Å². The molecule has 0 aromatic rings. The van der Waals surface area contributed by atoms with Crippen molar-refractivity contribution in [3.63, 3.8) is 0 Å². The van der Waals surface area contributed by atoms with Crippen molar-refractivity contribution in [2.24, 2.45) is 0 Å². The van der Waals surface area contributed by atoms with Crippen LogP contribution in [0.1, 0.15) is 41.5 Å². The van der Waals surface area contributed by atoms with Gasteiger partial charge < -0.3 is 13.3 Å². The molecular weight excluding hydrogens is 403 g/mol. The molecule has 26 heavy (non-hydrogen) atoms. The minimum absolute atomic E-state index is 1.09. The Morgan fingerprint density at radius 2 is 0.808 bits per heavy atom. The molecule has 0 saturated heterocycles. The summed E-state index contributed by atoms with van der Waals surface area (Å²) in [6, 6.07) is 0. The molecule has 0 aliphatic carbocycles. The second kappa shape index (κ2) is 7.84. The second-order valence-electron chi connectivity index (χ2n) is 6.28. The molecule has 158 valence electrons. The van der Waals surface area contributed by atoms with Gasteiger partial charge in [0.25, 0.3) is 0 Å². The van der Waals surface area contributed by atoms with Gasteiger partial charge in [0.1, 0.15) is 0 Å². The van der Waals surface area contributed by atoms with Gasteiger partial charge in [-0.05, 0) is 41.5 Å². The topological polar surface area (TPSA) is 27.7 Å². The van der Waals surface area contributed by atoms with Gasteiger partial charge in [0.2, 0.25) is 0 Å². The van der Waals surface area contributed by atoms with E-state index in [0.717, 1.165) is 41.5 Å². The molecule has 0 aromatic carbocycles. The van der Waals surface area contributed by atoms with Crippen molar-refractivity contribution in [3.8, 4) is 0 Å². The zero-order valence-electron chi connectivity index (χ0n) is 14.9. The predicted octanol–water partition coefficient (Wildman–Crippen LogP) is 5.21. The lowest BCUT2D eigenvalue weighted by Crippen LogP contribution is -2.75. The maximum absolute atomic E-state index is 14.6. The number of hydrogen-bond acceptors (Lipinski definition) is 3. The summed E-state index contributed by atoms with van der Waals surface area (Å²) < 4.78 is 135. The molecule has 0 saturated carbocycles. The van der Waals surface area contributed by atoms with Gasteiger partial charge in [-0.25, -0.2) is 0 Å². The maximum Gasteiger partial charge on any atom is 0.582 e. The van der Waals surface area contributed by atoms with Gasteiger partial charge in [-0.3, -0.25) is 0 Å². The standard InChI is InChI=1S/C13H21F9O3Si/c1-7(2)23-26(24-8(3)4,25-9(5)6)13(21,22)11(16,17)10(14,15)12(18,19)20/h7-9H,1-6H3. The minimum Gasteiger partial charge on any atom is -0.367 e. The van der Waals surface area contributed by atoms with E-state index in [2.05, 4.69) is 13.3 Å². The fourth-order valence-corrected chi connectivity index (χ4v) is 4.82. The lowest BCUT2D eigenvalue weighted by molar-refractivity contribution is -0.390. The molecule has 0 fully saturated rings. The normalized spacial score (nSPS) is 15.5. The number of halogens is 9. The van der Waals surface area contributed by atoms with Crippen LogP contribution in [0.25, 0.3) is 0 Å². The quantitative estimate of drug-likeness (QED) is 0.376. The van der Waals surface area contributed by atoms with Gasteiger partial charge in [-0.1, -0.05) is 0 Å². The van der Waals surface area contributed by atoms with E-state index in [0.29, 0.717) is 0 Å². The summed E-state index contributed by atoms with van der Waals surface area (Å²) >= 11 is 0. The van der Waals surface area contributed by atoms with E-state index in [1.54, 1.807) is 0 Å². The molecule has 0 spiro atoms. The van der Waals surface area contributed by atoms with Crippen LogP contribution in [0.4, 0.5) is 39.5 Å². The van der Waals surface area contributed by atoms with E-state index in [4.69, 9.17) is 0 Å². The van der Waals surface area contributed by atoms with Gasteiger partial charge in [0, 0.05) is 18.3 Å². The van der Waals surface area contributed by atoms with E-state index >= 15 is 0 Å². The van der Waals surface area contributed by atoms with Crippen molar-refractivity contribution < 1.29 is 52.8 Å². The summed E-state index contributed by atoms with van der Waals surface area (Å²) in [5.74, 6) is -13.9. The molecule has 0 N–H and O–H groups in total. The Hall–Kier alpha value is -0.533. The van der Waals surface area contributed by atoms with Crippen LogP contribution in [0.2, 0.25) is 0 Å². The summed E-state index contributed by atoms with van der Waals surface area (Å²) in [6.45, 7) is 6.53. The zero-order chi connectivity index (χ0) is 21.4. The smallest absolute Gasteiger partial charge is 0.367 e. The highest BCUT2D eigenvalue weighted by atomic mass is 28.4. The van der Waals surface area contributed by atoms with Crippen LogP contribution in [0, 0.1) is 0 Å². The van der Waals surface area contributed by atoms with Crippen LogP contribution in [-0.4, -0.2) is 50.7 Å². The third-order valence-corrected chi connectivity index (χ3v) is 6.13. The Bertz CT molecular complexity index is 438. The van der Waals surface area contributed by atoms with E-state index in [9.17, 15) is 39.5 Å². The van der Waals surface area contributed by atoms with E-state index in [1.807, 2.05) is 0 Å². The van der Waals surface area contributed by atoms with Crippen molar-refractivity contribution in [3.05, 3.63) is 0 Å². The number of alkyl halides is 9. The Kier molecular flexibility index (Phi) is 7.68. The van der Waals surface area contributed by atoms with Crippen LogP contribution < -0.4 is 0 Å². The molecule has 0 aromatic heterocycles. The van der Waals surface area contributed by atoms with Crippen LogP contribution in [0.15, 0.2) is 0 Å². The molecular formula is C13H21F9O3Si. The summed E-state index contributed by atoms with van der Waals surface area (Å²) in [4.78, 5) is 0. The van der Waals surface area contributed by atoms with E-state index in [-0.39, 0.29) is 0 Å². The van der Waals surface area contributed by atoms with Crippen LogP contribution in [-0.2, 0) is 13.3 Å². The van der Waals surface area contributed by atoms with Gasteiger partial charge in [0.15, 0.2) is 0 Å². The highest BCUT2D eigenvalue weighted by molar-refractivity contribution is 6.64. The summed E-state index contributed by atoms with van der Waals surface area (Å²) in [5.41, 5.74) is -6.09. The molecule has 3 nitrogen and oxygen atoms in total. The first-order valence-electron chi connectivity index (χ1n) is 7.48. The largest absolute Gasteiger partial charge is 0.582 e. The van der Waals surface area contributed by atoms with Crippen molar-refractivity contribution >= 4 is 8.80 Å². The average Bonchev–Trinajstić information content (AvgIpc) is 2.33. The molecule has 0 atom stereocenters. The molecule has 0 radical (unpaired) electrons. The average molecular weight is 424 g/mol. The fraction of sp³-hybridized carbons (Fsp3) is 1.00. The van der Waals surface area contributed by atoms with Crippen molar-refractivity contribution in [1.29, 1.82) is 0 Å². The van der Waals surface area contributed by atoms with Crippen molar-refractivity contribution in [1.82, 2.24) is 0 Å². The lowest BCUT2D eigenvalue weighted by Gasteiger charge is -2.43. The molecule has 0 heterocycles. The van der Waals surface area contributed by atoms with Gasteiger partial charge in [-0.15, -0.1) is 0 Å². The third-order valence-electron chi connectivity index (χ3n) is 2.70. The second-order valence-corrected chi connectivity index (χ2v) is 8.72. The Labute approximate surface area is 146 Å². The van der Waals surface area contributed by atoms with Crippen LogP contribution in [0.5, 0.6) is 0 Å². The maximum atomic E-state index is 14.6. The lowest BCUT2D eigenvalue weighted by atomic mass is 10.1. The molecule has 0 unspecified atom stereocenters. The molecule has 0 aliphatic rings. The molecule has 0 rings (SSSR count). The monoisotopic (exact) mass is 424 g/mol. The van der Waals surface area contributed by atoms with Crippen LogP contribution in [0.3, 0.4) is 0 Å². The highest BCUT2D eigenvalue weighted by Crippen LogP contribution is 2.56. The molecule has 0 aliphatic heterocycles. The SMILES string of the molecule is CC(C)O[Si](OC(C)C)(OC(C)C)C(F)(F)C(F)(F)C(F)(F)C(F)(F)F. The molecule has 0 bridgehead atoms. The van der Waals surface area contributed by atoms with Crippen molar-refractivity contribution in [2.45, 2.75) is 83.4 Å². The van der Waals surface area contributed by atoms with E-state index in [1.165, 1.54) is 0 Å². The summed E-state index contributed by atoms with van der Waals surface area (Å²) in [7, 11) is -6.10.